The Labute approximate surface area is 91.7 Å². The number of benzene rings is 1. The van der Waals surface area contributed by atoms with Gasteiger partial charge in [-0.2, -0.15) is 0 Å². The maximum Gasteiger partial charge on any atom is 0.186 e. The maximum absolute atomic E-state index is 13.4. The van der Waals surface area contributed by atoms with Crippen molar-refractivity contribution in [3.8, 4) is 0 Å². The lowest BCUT2D eigenvalue weighted by Crippen LogP contribution is -2.29. The van der Waals surface area contributed by atoms with Gasteiger partial charge in [-0.05, 0) is 12.1 Å². The van der Waals surface area contributed by atoms with Crippen molar-refractivity contribution in [2.75, 3.05) is 6.54 Å². The Bertz CT molecular complexity index is 531. The summed E-state index contributed by atoms with van der Waals surface area (Å²) in [5, 5.41) is 0. The van der Waals surface area contributed by atoms with Crippen molar-refractivity contribution in [3.05, 3.63) is 29.6 Å². The SMILES string of the molecule is CC(C)(CN)c1nc2c(F)c(F)ccc2[nH]1. The zero-order valence-electron chi connectivity index (χ0n) is 9.14. The average molecular weight is 225 g/mol. The van der Waals surface area contributed by atoms with Crippen molar-refractivity contribution in [1.29, 1.82) is 0 Å². The molecule has 86 valence electrons. The summed E-state index contributed by atoms with van der Waals surface area (Å²) in [6, 6.07) is 2.55. The van der Waals surface area contributed by atoms with Crippen LogP contribution in [0.25, 0.3) is 11.0 Å². The maximum atomic E-state index is 13.4. The summed E-state index contributed by atoms with van der Waals surface area (Å²) in [5.74, 6) is -1.25. The van der Waals surface area contributed by atoms with Crippen molar-refractivity contribution < 1.29 is 8.78 Å². The van der Waals surface area contributed by atoms with Crippen LogP contribution in [0.5, 0.6) is 0 Å². The number of halogens is 2. The van der Waals surface area contributed by atoms with E-state index in [4.69, 9.17) is 5.73 Å². The monoisotopic (exact) mass is 225 g/mol. The molecule has 0 saturated heterocycles. The molecule has 3 N–H and O–H groups in total. The lowest BCUT2D eigenvalue weighted by atomic mass is 9.93. The highest BCUT2D eigenvalue weighted by atomic mass is 19.2. The number of aromatic nitrogens is 2. The van der Waals surface area contributed by atoms with Crippen molar-refractivity contribution in [3.63, 3.8) is 0 Å². The molecule has 3 nitrogen and oxygen atoms in total. The summed E-state index contributed by atoms with van der Waals surface area (Å²) in [7, 11) is 0. The van der Waals surface area contributed by atoms with Gasteiger partial charge in [0.25, 0.3) is 0 Å². The largest absolute Gasteiger partial charge is 0.341 e. The number of aromatic amines is 1. The van der Waals surface area contributed by atoms with Gasteiger partial charge in [0, 0.05) is 12.0 Å². The first-order valence-electron chi connectivity index (χ1n) is 5.00. The van der Waals surface area contributed by atoms with E-state index in [1.165, 1.54) is 6.07 Å². The van der Waals surface area contributed by atoms with E-state index in [1.54, 1.807) is 0 Å². The van der Waals surface area contributed by atoms with Crippen LogP contribution in [0.3, 0.4) is 0 Å². The molecule has 0 atom stereocenters. The summed E-state index contributed by atoms with van der Waals surface area (Å²) < 4.78 is 26.4. The number of hydrogen-bond acceptors (Lipinski definition) is 2. The van der Waals surface area contributed by atoms with Crippen LogP contribution in [0.2, 0.25) is 0 Å². The minimum Gasteiger partial charge on any atom is -0.341 e. The summed E-state index contributed by atoms with van der Waals surface area (Å²) in [5.41, 5.74) is 5.72. The molecular weight excluding hydrogens is 212 g/mol. The second-order valence-electron chi connectivity index (χ2n) is 4.43. The molecule has 1 heterocycles. The average Bonchev–Trinajstić information content (AvgIpc) is 2.69. The smallest absolute Gasteiger partial charge is 0.186 e. The predicted octanol–water partition coefficient (Wildman–Crippen LogP) is 2.08. The molecule has 0 aliphatic carbocycles. The molecule has 2 aromatic rings. The molecule has 0 aliphatic rings. The highest BCUT2D eigenvalue weighted by Gasteiger charge is 2.24. The number of hydrogen-bond donors (Lipinski definition) is 2. The number of rotatable bonds is 2. The second-order valence-corrected chi connectivity index (χ2v) is 4.43. The van der Waals surface area contributed by atoms with Gasteiger partial charge in [-0.1, -0.05) is 13.8 Å². The quantitative estimate of drug-likeness (QED) is 0.822. The van der Waals surface area contributed by atoms with Crippen LogP contribution in [-0.4, -0.2) is 16.5 Å². The van der Waals surface area contributed by atoms with Crippen molar-refractivity contribution in [1.82, 2.24) is 9.97 Å². The number of nitrogens with zero attached hydrogens (tertiary/aromatic N) is 1. The summed E-state index contributed by atoms with van der Waals surface area (Å²) in [4.78, 5) is 7.02. The van der Waals surface area contributed by atoms with Gasteiger partial charge < -0.3 is 10.7 Å². The number of imidazole rings is 1. The molecule has 0 radical (unpaired) electrons. The molecule has 0 spiro atoms. The zero-order chi connectivity index (χ0) is 11.9. The van der Waals surface area contributed by atoms with Gasteiger partial charge in [-0.3, -0.25) is 0 Å². The van der Waals surface area contributed by atoms with Gasteiger partial charge in [-0.25, -0.2) is 13.8 Å². The van der Waals surface area contributed by atoms with Gasteiger partial charge in [0.05, 0.1) is 5.52 Å². The van der Waals surface area contributed by atoms with E-state index >= 15 is 0 Å². The van der Waals surface area contributed by atoms with Gasteiger partial charge in [-0.15, -0.1) is 0 Å². The van der Waals surface area contributed by atoms with Crippen molar-refractivity contribution in [2.45, 2.75) is 19.3 Å². The molecule has 0 fully saturated rings. The van der Waals surface area contributed by atoms with Gasteiger partial charge >= 0.3 is 0 Å². The Balaban J connectivity index is 2.65. The Morgan fingerprint density at radius 1 is 1.38 bits per heavy atom. The predicted molar refractivity (Wildman–Crippen MR) is 58.1 cm³/mol. The highest BCUT2D eigenvalue weighted by Crippen LogP contribution is 2.24. The van der Waals surface area contributed by atoms with E-state index in [0.29, 0.717) is 17.9 Å². The summed E-state index contributed by atoms with van der Waals surface area (Å²) in [6.07, 6.45) is 0. The van der Waals surface area contributed by atoms with E-state index in [-0.39, 0.29) is 10.9 Å². The fourth-order valence-corrected chi connectivity index (χ4v) is 1.43. The molecule has 0 bridgehead atoms. The van der Waals surface area contributed by atoms with Crippen LogP contribution in [0.15, 0.2) is 12.1 Å². The molecule has 0 unspecified atom stereocenters. The topological polar surface area (TPSA) is 54.7 Å². The highest BCUT2D eigenvalue weighted by molar-refractivity contribution is 5.76. The van der Waals surface area contributed by atoms with Crippen LogP contribution in [0.1, 0.15) is 19.7 Å². The number of nitrogens with two attached hydrogens (primary N) is 1. The minimum absolute atomic E-state index is 0.0246. The van der Waals surface area contributed by atoms with Crippen LogP contribution >= 0.6 is 0 Å². The first-order valence-corrected chi connectivity index (χ1v) is 5.00. The number of fused-ring (bicyclic) bond motifs is 1. The van der Waals surface area contributed by atoms with E-state index in [0.717, 1.165) is 6.07 Å². The lowest BCUT2D eigenvalue weighted by Gasteiger charge is -2.18. The van der Waals surface area contributed by atoms with Crippen LogP contribution in [-0.2, 0) is 5.41 Å². The standard InChI is InChI=1S/C11H13F2N3/c1-11(2,5-14)10-15-7-4-3-6(12)8(13)9(7)16-10/h3-4H,5,14H2,1-2H3,(H,15,16). The molecule has 1 aromatic heterocycles. The third-order valence-corrected chi connectivity index (χ3v) is 2.70. The van der Waals surface area contributed by atoms with E-state index in [2.05, 4.69) is 9.97 Å². The molecule has 5 heteroatoms. The van der Waals surface area contributed by atoms with Crippen molar-refractivity contribution >= 4 is 11.0 Å². The fraction of sp³-hybridized carbons (Fsp3) is 0.364. The number of nitrogens with one attached hydrogen (secondary N) is 1. The number of H-pyrrole nitrogens is 1. The normalized spacial score (nSPS) is 12.3. The zero-order valence-corrected chi connectivity index (χ0v) is 9.14. The Morgan fingerprint density at radius 3 is 2.69 bits per heavy atom. The third kappa shape index (κ3) is 1.57. The van der Waals surface area contributed by atoms with E-state index in [9.17, 15) is 8.78 Å². The Kier molecular flexibility index (Phi) is 2.42. The molecule has 16 heavy (non-hydrogen) atoms. The lowest BCUT2D eigenvalue weighted by molar-refractivity contribution is 0.505. The van der Waals surface area contributed by atoms with Crippen molar-refractivity contribution in [2.24, 2.45) is 5.73 Å². The minimum atomic E-state index is -0.923. The second kappa shape index (κ2) is 3.52. The Morgan fingerprint density at radius 2 is 2.06 bits per heavy atom. The molecule has 1 aromatic carbocycles. The fourth-order valence-electron chi connectivity index (χ4n) is 1.43. The van der Waals surface area contributed by atoms with Crippen LogP contribution < -0.4 is 5.73 Å². The molecule has 2 rings (SSSR count). The molecule has 0 amide bonds. The summed E-state index contributed by atoms with van der Waals surface area (Å²) in [6.45, 7) is 4.15. The van der Waals surface area contributed by atoms with E-state index < -0.39 is 11.6 Å². The molecule has 0 aliphatic heterocycles. The van der Waals surface area contributed by atoms with Gasteiger partial charge in [0.2, 0.25) is 0 Å². The third-order valence-electron chi connectivity index (χ3n) is 2.70. The molecule has 0 saturated carbocycles. The summed E-state index contributed by atoms with van der Waals surface area (Å²) >= 11 is 0. The first kappa shape index (κ1) is 11.0. The van der Waals surface area contributed by atoms with Gasteiger partial charge in [0.15, 0.2) is 11.6 Å². The van der Waals surface area contributed by atoms with Gasteiger partial charge in [0.1, 0.15) is 11.3 Å². The van der Waals surface area contributed by atoms with Crippen LogP contribution in [0.4, 0.5) is 8.78 Å². The van der Waals surface area contributed by atoms with Crippen LogP contribution in [0, 0.1) is 11.6 Å². The molecular formula is C11H13F2N3. The van der Waals surface area contributed by atoms with E-state index in [1.807, 2.05) is 13.8 Å². The first-order chi connectivity index (χ1) is 7.45. The Hall–Kier alpha value is -1.49.